The van der Waals surface area contributed by atoms with Gasteiger partial charge in [-0.25, -0.2) is 0 Å². The molecule has 2 fully saturated rings. The van der Waals surface area contributed by atoms with E-state index in [1.165, 1.54) is 14.0 Å². The summed E-state index contributed by atoms with van der Waals surface area (Å²) in [5.74, 6) is 1.23. The van der Waals surface area contributed by atoms with Crippen molar-refractivity contribution in [1.82, 2.24) is 10.2 Å². The highest BCUT2D eigenvalue weighted by molar-refractivity contribution is 5.88. The number of likely N-dealkylation sites (tertiary alicyclic amines) is 1. The molecule has 23 heavy (non-hydrogen) atoms. The summed E-state index contributed by atoms with van der Waals surface area (Å²) in [4.78, 5) is 34.8. The van der Waals surface area contributed by atoms with Crippen LogP contribution >= 0.6 is 0 Å². The lowest BCUT2D eigenvalue weighted by atomic mass is 9.85. The minimum atomic E-state index is -0.425. The molecule has 1 heterocycles. The fourth-order valence-electron chi connectivity index (χ4n) is 3.35. The standard InChI is InChI=1S/C15H26N2O2.C2H4O2/c1-9(18)16-12(14(2,3)4)13(19)17-7-10-11(8-17)15(10,5)6;1-4-2-3/h10-12H,7-8H2,1-6H3,(H,16,18);2H,1H3. The number of carbonyl (C=O) groups is 3. The van der Waals surface area contributed by atoms with Crippen LogP contribution in [0.4, 0.5) is 0 Å². The largest absolute Gasteiger partial charge is 0.471 e. The van der Waals surface area contributed by atoms with Crippen molar-refractivity contribution in [2.75, 3.05) is 20.2 Å². The van der Waals surface area contributed by atoms with E-state index in [0.29, 0.717) is 23.7 Å². The van der Waals surface area contributed by atoms with Gasteiger partial charge in [-0.2, -0.15) is 0 Å². The summed E-state index contributed by atoms with van der Waals surface area (Å²) in [5.41, 5.74) is 0.146. The van der Waals surface area contributed by atoms with Crippen molar-refractivity contribution in [3.05, 3.63) is 0 Å². The number of piperidine rings is 1. The van der Waals surface area contributed by atoms with Crippen molar-refractivity contribution in [2.45, 2.75) is 47.6 Å². The zero-order valence-electron chi connectivity index (χ0n) is 15.3. The van der Waals surface area contributed by atoms with Crippen molar-refractivity contribution in [3.63, 3.8) is 0 Å². The number of carbonyl (C=O) groups excluding carboxylic acids is 3. The van der Waals surface area contributed by atoms with Crippen LogP contribution in [0.5, 0.6) is 0 Å². The van der Waals surface area contributed by atoms with E-state index in [0.717, 1.165) is 13.1 Å². The molecule has 3 atom stereocenters. The molecule has 0 radical (unpaired) electrons. The normalized spacial score (nSPS) is 25.4. The van der Waals surface area contributed by atoms with Crippen LogP contribution in [0, 0.1) is 22.7 Å². The Hall–Kier alpha value is -1.59. The second kappa shape index (κ2) is 6.89. The summed E-state index contributed by atoms with van der Waals surface area (Å²) in [6.45, 7) is 14.1. The van der Waals surface area contributed by atoms with Gasteiger partial charge >= 0.3 is 0 Å². The van der Waals surface area contributed by atoms with E-state index in [1.807, 2.05) is 25.7 Å². The van der Waals surface area contributed by atoms with Crippen LogP contribution in [0.1, 0.15) is 41.5 Å². The minimum Gasteiger partial charge on any atom is -0.471 e. The van der Waals surface area contributed by atoms with Gasteiger partial charge in [-0.1, -0.05) is 34.6 Å². The number of hydrogen-bond donors (Lipinski definition) is 1. The Morgan fingerprint density at radius 2 is 1.70 bits per heavy atom. The lowest BCUT2D eigenvalue weighted by Crippen LogP contribution is -2.54. The molecule has 6 heteroatoms. The molecule has 1 N–H and O–H groups in total. The quantitative estimate of drug-likeness (QED) is 0.796. The molecule has 0 bridgehead atoms. The average molecular weight is 326 g/mol. The van der Waals surface area contributed by atoms with Gasteiger partial charge in [0.05, 0.1) is 7.11 Å². The Bertz CT molecular complexity index is 454. The molecule has 2 aliphatic rings. The monoisotopic (exact) mass is 326 g/mol. The van der Waals surface area contributed by atoms with E-state index >= 15 is 0 Å². The summed E-state index contributed by atoms with van der Waals surface area (Å²) in [5, 5.41) is 2.82. The Kier molecular flexibility index (Phi) is 5.83. The topological polar surface area (TPSA) is 75.7 Å². The number of nitrogens with zero attached hydrogens (tertiary/aromatic N) is 1. The molecule has 132 valence electrons. The second-order valence-electron chi connectivity index (χ2n) is 8.11. The van der Waals surface area contributed by atoms with Crippen LogP contribution in [0.2, 0.25) is 0 Å². The maximum atomic E-state index is 12.6. The number of methoxy groups -OCH3 is 1. The van der Waals surface area contributed by atoms with E-state index in [-0.39, 0.29) is 17.2 Å². The number of fused-ring (bicyclic) bond motifs is 1. The van der Waals surface area contributed by atoms with Crippen molar-refractivity contribution in [2.24, 2.45) is 22.7 Å². The van der Waals surface area contributed by atoms with Gasteiger partial charge in [-0.05, 0) is 22.7 Å². The molecule has 0 aromatic heterocycles. The summed E-state index contributed by atoms with van der Waals surface area (Å²) in [6.07, 6.45) is 0. The van der Waals surface area contributed by atoms with Gasteiger partial charge in [0.15, 0.2) is 0 Å². The number of ether oxygens (including phenoxy) is 1. The molecule has 1 saturated carbocycles. The SMILES string of the molecule is CC(=O)NC(C(=O)N1CC2C(C1)C2(C)C)C(C)(C)C.COC=O. The number of rotatable bonds is 3. The predicted octanol–water partition coefficient (Wildman–Crippen LogP) is 1.44. The van der Waals surface area contributed by atoms with Crippen molar-refractivity contribution < 1.29 is 19.1 Å². The Balaban J connectivity index is 0.000000593. The average Bonchev–Trinajstić information content (AvgIpc) is 2.82. The molecular formula is C17H30N2O4. The van der Waals surface area contributed by atoms with Crippen LogP contribution in [-0.2, 0) is 19.1 Å². The van der Waals surface area contributed by atoms with Gasteiger partial charge in [-0.15, -0.1) is 0 Å². The van der Waals surface area contributed by atoms with Gasteiger partial charge in [0, 0.05) is 20.0 Å². The lowest BCUT2D eigenvalue weighted by Gasteiger charge is -2.34. The van der Waals surface area contributed by atoms with Crippen LogP contribution in [0.25, 0.3) is 0 Å². The molecule has 1 saturated heterocycles. The first-order chi connectivity index (χ1) is 10.5. The first-order valence-corrected chi connectivity index (χ1v) is 7.99. The lowest BCUT2D eigenvalue weighted by molar-refractivity contribution is -0.138. The van der Waals surface area contributed by atoms with Crippen molar-refractivity contribution in [3.8, 4) is 0 Å². The molecular weight excluding hydrogens is 296 g/mol. The summed E-state index contributed by atoms with van der Waals surface area (Å²) in [7, 11) is 1.31. The highest BCUT2D eigenvalue weighted by Crippen LogP contribution is 2.62. The summed E-state index contributed by atoms with van der Waals surface area (Å²) in [6, 6.07) is -0.425. The van der Waals surface area contributed by atoms with Gasteiger partial charge in [-0.3, -0.25) is 14.4 Å². The third kappa shape index (κ3) is 4.45. The van der Waals surface area contributed by atoms with Crippen molar-refractivity contribution in [1.29, 1.82) is 0 Å². The highest BCUT2D eigenvalue weighted by Gasteiger charge is 2.63. The van der Waals surface area contributed by atoms with Crippen LogP contribution in [0.15, 0.2) is 0 Å². The minimum absolute atomic E-state index is 0.0747. The maximum absolute atomic E-state index is 12.6. The van der Waals surface area contributed by atoms with Crippen LogP contribution in [-0.4, -0.2) is 49.4 Å². The zero-order chi connectivity index (χ0) is 18.0. The fraction of sp³-hybridized carbons (Fsp3) is 0.824. The van der Waals surface area contributed by atoms with E-state index in [4.69, 9.17) is 4.79 Å². The predicted molar refractivity (Wildman–Crippen MR) is 87.5 cm³/mol. The number of amides is 2. The molecule has 1 aliphatic carbocycles. The van der Waals surface area contributed by atoms with Crippen LogP contribution < -0.4 is 5.32 Å². The Morgan fingerprint density at radius 3 is 2.00 bits per heavy atom. The Morgan fingerprint density at radius 1 is 1.26 bits per heavy atom. The molecule has 0 aromatic rings. The third-order valence-corrected chi connectivity index (χ3v) is 4.99. The second-order valence-corrected chi connectivity index (χ2v) is 8.11. The van der Waals surface area contributed by atoms with Gasteiger partial charge in [0.2, 0.25) is 11.8 Å². The summed E-state index contributed by atoms with van der Waals surface area (Å²) < 4.78 is 3.86. The maximum Gasteiger partial charge on any atom is 0.292 e. The van der Waals surface area contributed by atoms with Gasteiger partial charge in [0.25, 0.3) is 6.47 Å². The molecule has 0 spiro atoms. The molecule has 6 nitrogen and oxygen atoms in total. The molecule has 2 rings (SSSR count). The molecule has 0 aromatic carbocycles. The zero-order valence-corrected chi connectivity index (χ0v) is 15.3. The molecule has 3 unspecified atom stereocenters. The fourth-order valence-corrected chi connectivity index (χ4v) is 3.35. The van der Waals surface area contributed by atoms with E-state index in [2.05, 4.69) is 23.9 Å². The van der Waals surface area contributed by atoms with Gasteiger partial charge < -0.3 is 15.0 Å². The van der Waals surface area contributed by atoms with Gasteiger partial charge in [0.1, 0.15) is 6.04 Å². The van der Waals surface area contributed by atoms with E-state index in [9.17, 15) is 9.59 Å². The van der Waals surface area contributed by atoms with Crippen molar-refractivity contribution >= 4 is 18.3 Å². The third-order valence-electron chi connectivity index (χ3n) is 4.99. The van der Waals surface area contributed by atoms with E-state index in [1.54, 1.807) is 0 Å². The first-order valence-electron chi connectivity index (χ1n) is 7.99. The van der Waals surface area contributed by atoms with Crippen LogP contribution in [0.3, 0.4) is 0 Å². The number of nitrogens with one attached hydrogen (secondary N) is 1. The molecule has 2 amide bonds. The van der Waals surface area contributed by atoms with E-state index < -0.39 is 6.04 Å². The highest BCUT2D eigenvalue weighted by atomic mass is 16.5. The first kappa shape index (κ1) is 19.5. The smallest absolute Gasteiger partial charge is 0.292 e. The Labute approximate surface area is 138 Å². The molecule has 1 aliphatic heterocycles. The summed E-state index contributed by atoms with van der Waals surface area (Å²) >= 11 is 0. The number of hydrogen-bond acceptors (Lipinski definition) is 4.